The average Bonchev–Trinajstić information content (AvgIpc) is 2.47. The molecule has 8 heteroatoms. The Labute approximate surface area is 135 Å². The molecular weight excluding hydrogens is 313 g/mol. The van der Waals surface area contributed by atoms with Gasteiger partial charge in [-0.2, -0.15) is 0 Å². The molecule has 0 aliphatic heterocycles. The highest BCUT2D eigenvalue weighted by molar-refractivity contribution is 6.35. The van der Waals surface area contributed by atoms with Crippen molar-refractivity contribution >= 4 is 35.0 Å². The van der Waals surface area contributed by atoms with Crippen LogP contribution in [-0.2, 0) is 4.74 Å². The Morgan fingerprint density at radius 3 is 2.71 bits per heavy atom. The first kappa shape index (κ1) is 17.8. The fourth-order valence-corrected chi connectivity index (χ4v) is 1.96. The highest BCUT2D eigenvalue weighted by Crippen LogP contribution is 2.21. The Balaban J connectivity index is 2.22. The summed E-state index contributed by atoms with van der Waals surface area (Å²) in [6.07, 6.45) is 1.55. The van der Waals surface area contributed by atoms with Crippen LogP contribution in [0, 0.1) is 0 Å². The Hall–Kier alpha value is -1.24. The molecular formula is C13H21Cl2N5O. The van der Waals surface area contributed by atoms with E-state index in [0.717, 1.165) is 5.96 Å². The highest BCUT2D eigenvalue weighted by Gasteiger charge is 2.02. The Kier molecular flexibility index (Phi) is 8.89. The summed E-state index contributed by atoms with van der Waals surface area (Å²) >= 11 is 11.8. The maximum absolute atomic E-state index is 6.02. The lowest BCUT2D eigenvalue weighted by atomic mass is 10.4. The number of rotatable bonds is 8. The van der Waals surface area contributed by atoms with E-state index in [-0.39, 0.29) is 0 Å². The number of aliphatic imine (C=N–C) groups is 1. The summed E-state index contributed by atoms with van der Waals surface area (Å²) in [5.74, 6) is 1.34. The van der Waals surface area contributed by atoms with Crippen LogP contribution in [0.15, 0.2) is 17.3 Å². The summed E-state index contributed by atoms with van der Waals surface area (Å²) in [4.78, 5) is 8.23. The SMILES string of the molecule is CCOCCNC(=NC)NCCNc1ncc(Cl)cc1Cl. The summed E-state index contributed by atoms with van der Waals surface area (Å²) in [7, 11) is 1.72. The van der Waals surface area contributed by atoms with Crippen molar-refractivity contribution in [1.82, 2.24) is 15.6 Å². The summed E-state index contributed by atoms with van der Waals surface area (Å²) < 4.78 is 5.24. The van der Waals surface area contributed by atoms with E-state index in [1.54, 1.807) is 19.3 Å². The van der Waals surface area contributed by atoms with Gasteiger partial charge in [0.25, 0.3) is 0 Å². The van der Waals surface area contributed by atoms with Crippen LogP contribution in [0.3, 0.4) is 0 Å². The standard InChI is InChI=1S/C13H21Cl2N5O/c1-3-21-7-6-19-13(16-2)18-5-4-17-12-11(15)8-10(14)9-20-12/h8-9H,3-7H2,1-2H3,(H,17,20)(H2,16,18,19). The van der Waals surface area contributed by atoms with Crippen LogP contribution in [0.4, 0.5) is 5.82 Å². The van der Waals surface area contributed by atoms with E-state index in [9.17, 15) is 0 Å². The molecule has 0 fully saturated rings. The largest absolute Gasteiger partial charge is 0.380 e. The lowest BCUT2D eigenvalue weighted by Crippen LogP contribution is -2.40. The Morgan fingerprint density at radius 1 is 1.29 bits per heavy atom. The molecule has 0 radical (unpaired) electrons. The molecule has 1 aromatic rings. The van der Waals surface area contributed by atoms with Crippen molar-refractivity contribution in [3.05, 3.63) is 22.3 Å². The minimum absolute atomic E-state index is 0.502. The molecule has 0 bridgehead atoms. The fraction of sp³-hybridized carbons (Fsp3) is 0.538. The number of ether oxygens (including phenoxy) is 1. The van der Waals surface area contributed by atoms with Crippen molar-refractivity contribution in [3.63, 3.8) is 0 Å². The first-order chi connectivity index (χ1) is 10.2. The van der Waals surface area contributed by atoms with E-state index < -0.39 is 0 Å². The van der Waals surface area contributed by atoms with Crippen LogP contribution in [-0.4, -0.2) is 50.8 Å². The van der Waals surface area contributed by atoms with Crippen molar-refractivity contribution < 1.29 is 4.74 Å². The number of halogens is 2. The van der Waals surface area contributed by atoms with Gasteiger partial charge in [-0.15, -0.1) is 0 Å². The first-order valence-corrected chi connectivity index (χ1v) is 7.50. The molecule has 0 aliphatic carbocycles. The van der Waals surface area contributed by atoms with Gasteiger partial charge < -0.3 is 20.7 Å². The molecule has 0 saturated heterocycles. The van der Waals surface area contributed by atoms with Crippen molar-refractivity contribution in [2.45, 2.75) is 6.92 Å². The van der Waals surface area contributed by atoms with Gasteiger partial charge >= 0.3 is 0 Å². The highest BCUT2D eigenvalue weighted by atomic mass is 35.5. The van der Waals surface area contributed by atoms with Gasteiger partial charge in [-0.1, -0.05) is 23.2 Å². The van der Waals surface area contributed by atoms with E-state index >= 15 is 0 Å². The lowest BCUT2D eigenvalue weighted by molar-refractivity contribution is 0.152. The third kappa shape index (κ3) is 7.36. The van der Waals surface area contributed by atoms with Gasteiger partial charge in [0.1, 0.15) is 5.82 Å². The van der Waals surface area contributed by atoms with Crippen molar-refractivity contribution in [2.75, 3.05) is 45.2 Å². The molecule has 1 rings (SSSR count). The predicted molar refractivity (Wildman–Crippen MR) is 88.6 cm³/mol. The minimum Gasteiger partial charge on any atom is -0.380 e. The molecule has 1 aromatic heterocycles. The van der Waals surface area contributed by atoms with Gasteiger partial charge in [0.2, 0.25) is 0 Å². The minimum atomic E-state index is 0.502. The van der Waals surface area contributed by atoms with Gasteiger partial charge in [-0.25, -0.2) is 4.98 Å². The zero-order chi connectivity index (χ0) is 15.5. The third-order valence-corrected chi connectivity index (χ3v) is 2.98. The molecule has 3 N–H and O–H groups in total. The van der Waals surface area contributed by atoms with Crippen LogP contribution in [0.25, 0.3) is 0 Å². The molecule has 0 saturated carbocycles. The molecule has 6 nitrogen and oxygen atoms in total. The molecule has 1 heterocycles. The number of hydrogen-bond donors (Lipinski definition) is 3. The topological polar surface area (TPSA) is 70.6 Å². The first-order valence-electron chi connectivity index (χ1n) is 6.74. The Bertz CT molecular complexity index is 456. The fourth-order valence-electron chi connectivity index (χ4n) is 1.51. The summed E-state index contributed by atoms with van der Waals surface area (Å²) in [5, 5.41) is 10.5. The molecule has 21 heavy (non-hydrogen) atoms. The van der Waals surface area contributed by atoms with Gasteiger partial charge in [-0.05, 0) is 13.0 Å². The second-order valence-electron chi connectivity index (χ2n) is 4.03. The third-order valence-electron chi connectivity index (χ3n) is 2.48. The second kappa shape index (κ2) is 10.5. The number of nitrogens with one attached hydrogen (secondary N) is 3. The number of nitrogens with zero attached hydrogens (tertiary/aromatic N) is 2. The van der Waals surface area contributed by atoms with Crippen molar-refractivity contribution in [2.24, 2.45) is 4.99 Å². The van der Waals surface area contributed by atoms with Crippen molar-refractivity contribution in [3.8, 4) is 0 Å². The predicted octanol–water partition coefficient (Wildman–Crippen LogP) is 2.00. The van der Waals surface area contributed by atoms with Gasteiger partial charge in [0.15, 0.2) is 5.96 Å². The monoisotopic (exact) mass is 333 g/mol. The zero-order valence-electron chi connectivity index (χ0n) is 12.2. The average molecular weight is 334 g/mol. The normalized spacial score (nSPS) is 11.3. The zero-order valence-corrected chi connectivity index (χ0v) is 13.8. The van der Waals surface area contributed by atoms with E-state index in [1.807, 2.05) is 6.92 Å². The van der Waals surface area contributed by atoms with Crippen LogP contribution < -0.4 is 16.0 Å². The number of pyridine rings is 1. The molecule has 0 amide bonds. The van der Waals surface area contributed by atoms with Crippen LogP contribution >= 0.6 is 23.2 Å². The summed E-state index contributed by atoms with van der Waals surface area (Å²) in [5.41, 5.74) is 0. The molecule has 118 valence electrons. The summed E-state index contributed by atoms with van der Waals surface area (Å²) in [6.45, 7) is 5.38. The quantitative estimate of drug-likeness (QED) is 0.385. The lowest BCUT2D eigenvalue weighted by Gasteiger charge is -2.12. The number of anilines is 1. The van der Waals surface area contributed by atoms with Gasteiger partial charge in [-0.3, -0.25) is 4.99 Å². The molecule has 0 spiro atoms. The number of hydrogen-bond acceptors (Lipinski definition) is 4. The van der Waals surface area contributed by atoms with Crippen molar-refractivity contribution in [1.29, 1.82) is 0 Å². The summed E-state index contributed by atoms with van der Waals surface area (Å²) in [6, 6.07) is 1.65. The van der Waals surface area contributed by atoms with Gasteiger partial charge in [0, 0.05) is 39.5 Å². The second-order valence-corrected chi connectivity index (χ2v) is 4.88. The maximum Gasteiger partial charge on any atom is 0.191 e. The van der Waals surface area contributed by atoms with Crippen LogP contribution in [0.5, 0.6) is 0 Å². The van der Waals surface area contributed by atoms with Gasteiger partial charge in [0.05, 0.1) is 16.7 Å². The maximum atomic E-state index is 6.02. The van der Waals surface area contributed by atoms with E-state index in [2.05, 4.69) is 25.9 Å². The molecule has 0 unspecified atom stereocenters. The van der Waals surface area contributed by atoms with E-state index in [1.165, 1.54) is 0 Å². The number of aromatic nitrogens is 1. The number of guanidine groups is 1. The van der Waals surface area contributed by atoms with E-state index in [4.69, 9.17) is 27.9 Å². The van der Waals surface area contributed by atoms with Crippen LogP contribution in [0.1, 0.15) is 6.92 Å². The molecule has 0 aromatic carbocycles. The van der Waals surface area contributed by atoms with E-state index in [0.29, 0.717) is 48.7 Å². The Morgan fingerprint density at radius 2 is 2.05 bits per heavy atom. The smallest absolute Gasteiger partial charge is 0.191 e. The van der Waals surface area contributed by atoms with Crippen LogP contribution in [0.2, 0.25) is 10.0 Å². The molecule has 0 aliphatic rings. The molecule has 0 atom stereocenters.